The standard InChI is InChI=1S/C29H35N3O3/c1-20(25-11-7-9-21-8-5-6-10-26(21)25)31-23-16-17-32(19-23)24-14-12-22(13-15-24)28(34)30-18-27(33)35-29(2,3)4/h5-15,20,23,31H,16-19H2,1-4H3,(H,30,34)/t20-,23+/m1/s1. The molecule has 0 aromatic heterocycles. The zero-order valence-electron chi connectivity index (χ0n) is 21.0. The van der Waals surface area contributed by atoms with E-state index in [1.165, 1.54) is 16.3 Å². The molecule has 2 N–H and O–H groups in total. The summed E-state index contributed by atoms with van der Waals surface area (Å²) in [6, 6.07) is 23.2. The van der Waals surface area contributed by atoms with Crippen LogP contribution in [-0.2, 0) is 9.53 Å². The lowest BCUT2D eigenvalue weighted by molar-refractivity contribution is -0.153. The van der Waals surface area contributed by atoms with Gasteiger partial charge in [0.05, 0.1) is 0 Å². The van der Waals surface area contributed by atoms with Crippen molar-refractivity contribution in [1.29, 1.82) is 0 Å². The minimum Gasteiger partial charge on any atom is -0.459 e. The lowest BCUT2D eigenvalue weighted by atomic mass is 9.99. The average Bonchev–Trinajstić information content (AvgIpc) is 3.29. The van der Waals surface area contributed by atoms with E-state index in [2.05, 4.69) is 64.9 Å². The number of carbonyl (C=O) groups excluding carboxylic acids is 2. The summed E-state index contributed by atoms with van der Waals surface area (Å²) in [7, 11) is 0. The zero-order chi connectivity index (χ0) is 25.0. The van der Waals surface area contributed by atoms with Gasteiger partial charge in [-0.3, -0.25) is 9.59 Å². The summed E-state index contributed by atoms with van der Waals surface area (Å²) in [4.78, 5) is 26.6. The Bertz CT molecular complexity index is 1180. The molecule has 1 heterocycles. The van der Waals surface area contributed by atoms with Crippen molar-refractivity contribution in [3.05, 3.63) is 77.9 Å². The van der Waals surface area contributed by atoms with E-state index in [1.54, 1.807) is 32.9 Å². The highest BCUT2D eigenvalue weighted by atomic mass is 16.6. The van der Waals surface area contributed by atoms with Gasteiger partial charge in [0.2, 0.25) is 0 Å². The molecule has 0 saturated carbocycles. The molecular formula is C29H35N3O3. The van der Waals surface area contributed by atoms with E-state index in [9.17, 15) is 9.59 Å². The Morgan fingerprint density at radius 3 is 2.49 bits per heavy atom. The molecule has 0 aliphatic carbocycles. The third kappa shape index (κ3) is 6.40. The van der Waals surface area contributed by atoms with E-state index in [0.717, 1.165) is 25.2 Å². The summed E-state index contributed by atoms with van der Waals surface area (Å²) in [6.45, 7) is 9.36. The molecule has 0 spiro atoms. The second-order valence-electron chi connectivity index (χ2n) is 10.2. The largest absolute Gasteiger partial charge is 0.459 e. The zero-order valence-corrected chi connectivity index (χ0v) is 21.0. The monoisotopic (exact) mass is 473 g/mol. The summed E-state index contributed by atoms with van der Waals surface area (Å²) in [6.07, 6.45) is 1.06. The third-order valence-electron chi connectivity index (χ3n) is 6.27. The maximum absolute atomic E-state index is 12.4. The van der Waals surface area contributed by atoms with Crippen LogP contribution in [-0.4, -0.2) is 43.2 Å². The fourth-order valence-corrected chi connectivity index (χ4v) is 4.66. The Morgan fingerprint density at radius 2 is 1.74 bits per heavy atom. The predicted octanol–water partition coefficient (Wildman–Crippen LogP) is 4.84. The molecule has 184 valence electrons. The lowest BCUT2D eigenvalue weighted by Gasteiger charge is -2.23. The van der Waals surface area contributed by atoms with Gasteiger partial charge in [-0.1, -0.05) is 42.5 Å². The van der Waals surface area contributed by atoms with Gasteiger partial charge < -0.3 is 20.3 Å². The van der Waals surface area contributed by atoms with Crippen molar-refractivity contribution in [1.82, 2.24) is 10.6 Å². The minimum absolute atomic E-state index is 0.147. The van der Waals surface area contributed by atoms with Gasteiger partial charge in [-0.2, -0.15) is 0 Å². The molecule has 1 saturated heterocycles. The van der Waals surface area contributed by atoms with E-state index in [0.29, 0.717) is 11.6 Å². The SMILES string of the molecule is C[C@@H](N[C@H]1CCN(c2ccc(C(=O)NCC(=O)OC(C)(C)C)cc2)C1)c1cccc2ccccc12. The highest BCUT2D eigenvalue weighted by Crippen LogP contribution is 2.27. The van der Waals surface area contributed by atoms with Crippen LogP contribution in [0.4, 0.5) is 5.69 Å². The van der Waals surface area contributed by atoms with Gasteiger partial charge in [0.1, 0.15) is 12.1 Å². The van der Waals surface area contributed by atoms with Crippen LogP contribution in [0.25, 0.3) is 10.8 Å². The quantitative estimate of drug-likeness (QED) is 0.481. The van der Waals surface area contributed by atoms with Gasteiger partial charge in [-0.05, 0) is 74.7 Å². The molecule has 0 bridgehead atoms. The highest BCUT2D eigenvalue weighted by Gasteiger charge is 2.25. The Morgan fingerprint density at radius 1 is 1.03 bits per heavy atom. The number of fused-ring (bicyclic) bond motifs is 1. The van der Waals surface area contributed by atoms with Gasteiger partial charge in [0.15, 0.2) is 0 Å². The van der Waals surface area contributed by atoms with Gasteiger partial charge in [0, 0.05) is 36.4 Å². The molecule has 35 heavy (non-hydrogen) atoms. The number of hydrogen-bond acceptors (Lipinski definition) is 5. The van der Waals surface area contributed by atoms with Gasteiger partial charge in [-0.15, -0.1) is 0 Å². The number of rotatable bonds is 7. The Kier molecular flexibility index (Phi) is 7.41. The molecule has 4 rings (SSSR count). The average molecular weight is 474 g/mol. The van der Waals surface area contributed by atoms with Crippen LogP contribution in [0.1, 0.15) is 56.1 Å². The number of esters is 1. The predicted molar refractivity (Wildman–Crippen MR) is 141 cm³/mol. The molecular weight excluding hydrogens is 438 g/mol. The van der Waals surface area contributed by atoms with Crippen LogP contribution in [0.5, 0.6) is 0 Å². The number of anilines is 1. The van der Waals surface area contributed by atoms with Crippen LogP contribution >= 0.6 is 0 Å². The molecule has 0 unspecified atom stereocenters. The van der Waals surface area contributed by atoms with Crippen molar-refractivity contribution in [3.8, 4) is 0 Å². The maximum Gasteiger partial charge on any atom is 0.325 e. The number of benzene rings is 3. The molecule has 6 nitrogen and oxygen atoms in total. The first-order valence-electron chi connectivity index (χ1n) is 12.3. The summed E-state index contributed by atoms with van der Waals surface area (Å²) < 4.78 is 5.23. The normalized spacial score (nSPS) is 16.8. The fourth-order valence-electron chi connectivity index (χ4n) is 4.66. The van der Waals surface area contributed by atoms with Crippen LogP contribution in [0.3, 0.4) is 0 Å². The molecule has 0 radical (unpaired) electrons. The van der Waals surface area contributed by atoms with Crippen molar-refractivity contribution in [2.24, 2.45) is 0 Å². The number of nitrogens with zero attached hydrogens (tertiary/aromatic N) is 1. The Labute approximate surface area is 207 Å². The Hall–Kier alpha value is -3.38. The van der Waals surface area contributed by atoms with Gasteiger partial charge >= 0.3 is 5.97 Å². The van der Waals surface area contributed by atoms with Crippen molar-refractivity contribution in [3.63, 3.8) is 0 Å². The lowest BCUT2D eigenvalue weighted by Crippen LogP contribution is -2.35. The van der Waals surface area contributed by atoms with Crippen molar-refractivity contribution >= 4 is 28.3 Å². The van der Waals surface area contributed by atoms with Crippen LogP contribution in [0.15, 0.2) is 66.7 Å². The first-order chi connectivity index (χ1) is 16.7. The number of ether oxygens (including phenoxy) is 1. The van der Waals surface area contributed by atoms with E-state index in [1.807, 2.05) is 12.1 Å². The first-order valence-corrected chi connectivity index (χ1v) is 12.3. The van der Waals surface area contributed by atoms with E-state index >= 15 is 0 Å². The minimum atomic E-state index is -0.571. The van der Waals surface area contributed by atoms with Crippen LogP contribution in [0.2, 0.25) is 0 Å². The topological polar surface area (TPSA) is 70.7 Å². The molecule has 2 atom stereocenters. The summed E-state index contributed by atoms with van der Waals surface area (Å²) in [5.41, 5.74) is 2.37. The number of nitrogens with one attached hydrogen (secondary N) is 2. The van der Waals surface area contributed by atoms with Crippen molar-refractivity contribution in [2.45, 2.75) is 51.8 Å². The molecule has 6 heteroatoms. The maximum atomic E-state index is 12.4. The molecule has 1 fully saturated rings. The van der Waals surface area contributed by atoms with E-state index in [4.69, 9.17) is 4.74 Å². The number of amides is 1. The second-order valence-corrected chi connectivity index (χ2v) is 10.2. The molecule has 1 aliphatic rings. The highest BCUT2D eigenvalue weighted by molar-refractivity contribution is 5.96. The van der Waals surface area contributed by atoms with Gasteiger partial charge in [0.25, 0.3) is 5.91 Å². The molecule has 3 aromatic carbocycles. The second kappa shape index (κ2) is 10.5. The summed E-state index contributed by atoms with van der Waals surface area (Å²) in [5, 5.41) is 9.00. The summed E-state index contributed by atoms with van der Waals surface area (Å²) >= 11 is 0. The van der Waals surface area contributed by atoms with Crippen LogP contribution < -0.4 is 15.5 Å². The third-order valence-corrected chi connectivity index (χ3v) is 6.27. The van der Waals surface area contributed by atoms with E-state index < -0.39 is 11.6 Å². The molecule has 3 aromatic rings. The molecule has 1 aliphatic heterocycles. The van der Waals surface area contributed by atoms with Gasteiger partial charge in [-0.25, -0.2) is 0 Å². The summed E-state index contributed by atoms with van der Waals surface area (Å²) in [5.74, 6) is -0.733. The smallest absolute Gasteiger partial charge is 0.325 e. The van der Waals surface area contributed by atoms with E-state index in [-0.39, 0.29) is 18.5 Å². The number of hydrogen-bond donors (Lipinski definition) is 2. The van der Waals surface area contributed by atoms with Crippen LogP contribution in [0, 0.1) is 0 Å². The first kappa shape index (κ1) is 24.7. The fraction of sp³-hybridized carbons (Fsp3) is 0.379. The molecule has 1 amide bonds. The Balaban J connectivity index is 1.31. The number of carbonyl (C=O) groups is 2. The van der Waals surface area contributed by atoms with Crippen molar-refractivity contribution in [2.75, 3.05) is 24.5 Å². The van der Waals surface area contributed by atoms with Crippen molar-refractivity contribution < 1.29 is 14.3 Å².